The van der Waals surface area contributed by atoms with Crippen LogP contribution in [0.15, 0.2) is 18.2 Å². The van der Waals surface area contributed by atoms with Crippen LogP contribution in [0.3, 0.4) is 0 Å². The van der Waals surface area contributed by atoms with Crippen molar-refractivity contribution in [2.24, 2.45) is 5.90 Å². The number of hydrogen-bond donors (Lipinski definition) is 2. The van der Waals surface area contributed by atoms with Gasteiger partial charge in [0.15, 0.2) is 11.5 Å². The molecule has 0 atom stereocenters. The maximum absolute atomic E-state index is 5.47. The number of nitrogens with two attached hydrogens (primary N) is 2. The number of hydrogen-bond acceptors (Lipinski definition) is 4. The van der Waals surface area contributed by atoms with E-state index in [0.717, 1.165) is 0 Å². The molecule has 0 aromatic heterocycles. The number of ether oxygens (including phenoxy) is 1. The van der Waals surface area contributed by atoms with Gasteiger partial charge < -0.3 is 15.3 Å². The van der Waals surface area contributed by atoms with Gasteiger partial charge in [-0.1, -0.05) is 0 Å². The lowest BCUT2D eigenvalue weighted by atomic mass is 10.3. The third kappa shape index (κ3) is 1.53. The average molecular weight is 154 g/mol. The Morgan fingerprint density at radius 3 is 2.55 bits per heavy atom. The molecule has 1 aromatic carbocycles. The molecule has 0 radical (unpaired) electrons. The van der Waals surface area contributed by atoms with Gasteiger partial charge in [-0.3, -0.25) is 0 Å². The Balaban J connectivity index is 3.06. The first-order chi connectivity index (χ1) is 5.27. The van der Waals surface area contributed by atoms with E-state index in [1.807, 2.05) is 0 Å². The summed E-state index contributed by atoms with van der Waals surface area (Å²) in [6.07, 6.45) is 0. The van der Waals surface area contributed by atoms with Gasteiger partial charge in [-0.05, 0) is 12.1 Å². The van der Waals surface area contributed by atoms with Crippen LogP contribution in [-0.2, 0) is 0 Å². The van der Waals surface area contributed by atoms with Crippen molar-refractivity contribution in [2.45, 2.75) is 0 Å². The monoisotopic (exact) mass is 154 g/mol. The van der Waals surface area contributed by atoms with Crippen molar-refractivity contribution in [2.75, 3.05) is 12.8 Å². The van der Waals surface area contributed by atoms with E-state index < -0.39 is 0 Å². The smallest absolute Gasteiger partial charge is 0.190 e. The Morgan fingerprint density at radius 2 is 2.00 bits per heavy atom. The maximum atomic E-state index is 5.47. The second-order valence-corrected chi connectivity index (χ2v) is 2.03. The Hall–Kier alpha value is -1.42. The quantitative estimate of drug-likeness (QED) is 0.481. The Bertz CT molecular complexity index is 250. The third-order valence-corrected chi connectivity index (χ3v) is 1.31. The van der Waals surface area contributed by atoms with Crippen molar-refractivity contribution in [1.29, 1.82) is 0 Å². The van der Waals surface area contributed by atoms with Crippen molar-refractivity contribution in [3.63, 3.8) is 0 Å². The van der Waals surface area contributed by atoms with Crippen LogP contribution in [0.5, 0.6) is 11.5 Å². The molecule has 0 amide bonds. The highest BCUT2D eigenvalue weighted by molar-refractivity contribution is 5.51. The molecule has 0 heterocycles. The van der Waals surface area contributed by atoms with Gasteiger partial charge in [0, 0.05) is 11.8 Å². The molecule has 4 nitrogen and oxygen atoms in total. The molecule has 4 N–H and O–H groups in total. The summed E-state index contributed by atoms with van der Waals surface area (Å²) in [5.41, 5.74) is 6.06. The fourth-order valence-electron chi connectivity index (χ4n) is 0.785. The lowest BCUT2D eigenvalue weighted by Crippen LogP contribution is -2.03. The zero-order valence-corrected chi connectivity index (χ0v) is 6.20. The molecule has 0 saturated heterocycles. The highest BCUT2D eigenvalue weighted by Gasteiger charge is 2.01. The molecule has 1 aromatic rings. The van der Waals surface area contributed by atoms with Crippen LogP contribution in [0.1, 0.15) is 0 Å². The fraction of sp³-hybridized carbons (Fsp3) is 0.143. The first kappa shape index (κ1) is 7.68. The molecule has 0 unspecified atom stereocenters. The molecule has 4 heteroatoms. The summed E-state index contributed by atoms with van der Waals surface area (Å²) in [4.78, 5) is 4.51. The van der Waals surface area contributed by atoms with Crippen LogP contribution >= 0.6 is 0 Å². The number of benzene rings is 1. The number of nitrogen functional groups attached to an aromatic ring is 1. The average Bonchev–Trinajstić information content (AvgIpc) is 2.04. The number of anilines is 1. The molecule has 0 aliphatic carbocycles. The standard InChI is InChI=1S/C7H10N2O2/c1-10-6-3-2-5(8)4-7(6)11-9/h2-4H,8-9H2,1H3. The lowest BCUT2D eigenvalue weighted by molar-refractivity contribution is 0.306. The first-order valence-corrected chi connectivity index (χ1v) is 3.08. The van der Waals surface area contributed by atoms with Crippen LogP contribution in [0, 0.1) is 0 Å². The minimum atomic E-state index is 0.438. The topological polar surface area (TPSA) is 70.5 Å². The van der Waals surface area contributed by atoms with E-state index in [-0.39, 0.29) is 0 Å². The van der Waals surface area contributed by atoms with Gasteiger partial charge in [0.2, 0.25) is 0 Å². The molecular weight excluding hydrogens is 144 g/mol. The van der Waals surface area contributed by atoms with E-state index in [4.69, 9.17) is 16.4 Å². The van der Waals surface area contributed by atoms with Crippen molar-refractivity contribution in [1.82, 2.24) is 0 Å². The van der Waals surface area contributed by atoms with Crippen LogP contribution in [-0.4, -0.2) is 7.11 Å². The molecule has 0 spiro atoms. The first-order valence-electron chi connectivity index (χ1n) is 3.08. The molecular formula is C7H10N2O2. The van der Waals surface area contributed by atoms with Gasteiger partial charge in [-0.2, -0.15) is 5.90 Å². The van der Waals surface area contributed by atoms with Crippen molar-refractivity contribution >= 4 is 5.69 Å². The lowest BCUT2D eigenvalue weighted by Gasteiger charge is -2.05. The van der Waals surface area contributed by atoms with E-state index in [1.165, 1.54) is 7.11 Å². The minimum absolute atomic E-state index is 0.438. The number of rotatable bonds is 2. The van der Waals surface area contributed by atoms with E-state index in [1.54, 1.807) is 18.2 Å². The molecule has 1 rings (SSSR count). The number of methoxy groups -OCH3 is 1. The molecule has 0 aliphatic heterocycles. The zero-order valence-electron chi connectivity index (χ0n) is 6.20. The Kier molecular flexibility index (Phi) is 2.18. The largest absolute Gasteiger partial charge is 0.493 e. The summed E-state index contributed by atoms with van der Waals surface area (Å²) in [6, 6.07) is 5.00. The molecule has 0 aliphatic rings. The molecule has 60 valence electrons. The Morgan fingerprint density at radius 1 is 1.27 bits per heavy atom. The van der Waals surface area contributed by atoms with Gasteiger partial charge in [-0.25, -0.2) is 0 Å². The predicted molar refractivity (Wildman–Crippen MR) is 42.2 cm³/mol. The highest BCUT2D eigenvalue weighted by Crippen LogP contribution is 2.27. The summed E-state index contributed by atoms with van der Waals surface area (Å²) in [6.45, 7) is 0. The van der Waals surface area contributed by atoms with Crippen molar-refractivity contribution in [3.8, 4) is 11.5 Å². The Labute approximate surface area is 64.7 Å². The summed E-state index contributed by atoms with van der Waals surface area (Å²) >= 11 is 0. The molecule has 0 fully saturated rings. The molecule has 0 saturated carbocycles. The predicted octanol–water partition coefficient (Wildman–Crippen LogP) is 0.530. The van der Waals surface area contributed by atoms with Crippen molar-refractivity contribution in [3.05, 3.63) is 18.2 Å². The summed E-state index contributed by atoms with van der Waals surface area (Å²) in [5, 5.41) is 0. The van der Waals surface area contributed by atoms with E-state index in [9.17, 15) is 0 Å². The molecule has 0 bridgehead atoms. The van der Waals surface area contributed by atoms with Gasteiger partial charge in [0.25, 0.3) is 0 Å². The third-order valence-electron chi connectivity index (χ3n) is 1.31. The summed E-state index contributed by atoms with van der Waals surface area (Å²) in [7, 11) is 1.54. The normalized spacial score (nSPS) is 9.27. The second kappa shape index (κ2) is 3.12. The van der Waals surface area contributed by atoms with E-state index >= 15 is 0 Å². The zero-order chi connectivity index (χ0) is 8.27. The van der Waals surface area contributed by atoms with Gasteiger partial charge in [-0.15, -0.1) is 0 Å². The van der Waals surface area contributed by atoms with Crippen molar-refractivity contribution < 1.29 is 9.57 Å². The van der Waals surface area contributed by atoms with Crippen LogP contribution < -0.4 is 21.2 Å². The molecule has 11 heavy (non-hydrogen) atoms. The summed E-state index contributed by atoms with van der Waals surface area (Å²) in [5.74, 6) is 5.97. The van der Waals surface area contributed by atoms with E-state index in [0.29, 0.717) is 17.2 Å². The van der Waals surface area contributed by atoms with Crippen LogP contribution in [0.2, 0.25) is 0 Å². The maximum Gasteiger partial charge on any atom is 0.190 e. The van der Waals surface area contributed by atoms with Gasteiger partial charge >= 0.3 is 0 Å². The van der Waals surface area contributed by atoms with Crippen LogP contribution in [0.25, 0.3) is 0 Å². The SMILES string of the molecule is COc1ccc(N)cc1ON. The summed E-state index contributed by atoms with van der Waals surface area (Å²) < 4.78 is 4.93. The van der Waals surface area contributed by atoms with Crippen LogP contribution in [0.4, 0.5) is 5.69 Å². The van der Waals surface area contributed by atoms with E-state index in [2.05, 4.69) is 4.84 Å². The minimum Gasteiger partial charge on any atom is -0.493 e. The van der Waals surface area contributed by atoms with Gasteiger partial charge in [0.05, 0.1) is 7.11 Å². The fourth-order valence-corrected chi connectivity index (χ4v) is 0.785. The second-order valence-electron chi connectivity index (χ2n) is 2.03. The van der Waals surface area contributed by atoms with Gasteiger partial charge in [0.1, 0.15) is 0 Å². The highest BCUT2D eigenvalue weighted by atomic mass is 16.6.